The van der Waals surface area contributed by atoms with E-state index < -0.39 is 0 Å². The van der Waals surface area contributed by atoms with Gasteiger partial charge in [-0.05, 0) is 56.5 Å². The Labute approximate surface area is 127 Å². The SMILES string of the molecule is CCCc1nc(-c2ccc(Br)c(F)c2)nc(N)c1Br. The second kappa shape index (κ2) is 5.96. The van der Waals surface area contributed by atoms with Crippen molar-refractivity contribution >= 4 is 37.7 Å². The van der Waals surface area contributed by atoms with E-state index in [1.165, 1.54) is 6.07 Å². The first-order valence-corrected chi connectivity index (χ1v) is 7.38. The van der Waals surface area contributed by atoms with Crippen LogP contribution in [0.3, 0.4) is 0 Å². The van der Waals surface area contributed by atoms with E-state index in [1.807, 2.05) is 0 Å². The van der Waals surface area contributed by atoms with Crippen LogP contribution in [0.5, 0.6) is 0 Å². The van der Waals surface area contributed by atoms with Crippen molar-refractivity contribution in [2.45, 2.75) is 19.8 Å². The number of benzene rings is 1. The van der Waals surface area contributed by atoms with E-state index in [9.17, 15) is 4.39 Å². The Balaban J connectivity index is 2.52. The van der Waals surface area contributed by atoms with Crippen LogP contribution >= 0.6 is 31.9 Å². The average Bonchev–Trinajstić information content (AvgIpc) is 2.38. The molecule has 0 saturated carbocycles. The van der Waals surface area contributed by atoms with Gasteiger partial charge >= 0.3 is 0 Å². The van der Waals surface area contributed by atoms with Gasteiger partial charge < -0.3 is 5.73 Å². The molecule has 0 atom stereocenters. The first kappa shape index (κ1) is 14.4. The lowest BCUT2D eigenvalue weighted by molar-refractivity contribution is 0.621. The number of nitrogen functional groups attached to an aromatic ring is 1. The third-order valence-corrected chi connectivity index (χ3v) is 4.12. The Kier molecular flexibility index (Phi) is 4.52. The first-order chi connectivity index (χ1) is 9.02. The maximum absolute atomic E-state index is 13.6. The minimum Gasteiger partial charge on any atom is -0.383 e. The van der Waals surface area contributed by atoms with Crippen LogP contribution in [0, 0.1) is 5.82 Å². The quantitative estimate of drug-likeness (QED) is 0.850. The molecule has 0 bridgehead atoms. The van der Waals surface area contributed by atoms with E-state index in [1.54, 1.807) is 12.1 Å². The van der Waals surface area contributed by atoms with Gasteiger partial charge in [-0.15, -0.1) is 0 Å². The van der Waals surface area contributed by atoms with Crippen LogP contribution in [0.25, 0.3) is 11.4 Å². The first-order valence-electron chi connectivity index (χ1n) is 5.80. The third-order valence-electron chi connectivity index (χ3n) is 2.61. The van der Waals surface area contributed by atoms with Gasteiger partial charge in [0.1, 0.15) is 11.6 Å². The molecule has 0 amide bonds. The second-order valence-electron chi connectivity index (χ2n) is 4.07. The molecule has 2 rings (SSSR count). The molecular formula is C13H12Br2FN3. The standard InChI is InChI=1S/C13H12Br2FN3/c1-2-3-10-11(15)12(17)19-13(18-10)7-4-5-8(14)9(16)6-7/h4-6H,2-3H2,1H3,(H2,17,18,19). The lowest BCUT2D eigenvalue weighted by Crippen LogP contribution is -2.03. The molecule has 0 spiro atoms. The van der Waals surface area contributed by atoms with Crippen molar-refractivity contribution in [2.24, 2.45) is 0 Å². The van der Waals surface area contributed by atoms with Crippen molar-refractivity contribution in [1.29, 1.82) is 0 Å². The highest BCUT2D eigenvalue weighted by Crippen LogP contribution is 2.27. The zero-order chi connectivity index (χ0) is 14.0. The molecular weight excluding hydrogens is 377 g/mol. The predicted octanol–water partition coefficient (Wildman–Crippen LogP) is 4.34. The van der Waals surface area contributed by atoms with Crippen molar-refractivity contribution in [3.63, 3.8) is 0 Å². The summed E-state index contributed by atoms with van der Waals surface area (Å²) in [4.78, 5) is 8.64. The molecule has 0 aliphatic heterocycles. The molecule has 6 heteroatoms. The van der Waals surface area contributed by atoms with E-state index in [-0.39, 0.29) is 5.82 Å². The molecule has 1 heterocycles. The van der Waals surface area contributed by atoms with Gasteiger partial charge in [-0.1, -0.05) is 13.3 Å². The van der Waals surface area contributed by atoms with Gasteiger partial charge in [0.05, 0.1) is 14.6 Å². The van der Waals surface area contributed by atoms with Gasteiger partial charge in [-0.2, -0.15) is 0 Å². The van der Waals surface area contributed by atoms with Gasteiger partial charge in [0.15, 0.2) is 5.82 Å². The predicted molar refractivity (Wildman–Crippen MR) is 81.2 cm³/mol. The fourth-order valence-corrected chi connectivity index (χ4v) is 2.30. The summed E-state index contributed by atoms with van der Waals surface area (Å²) in [6, 6.07) is 4.78. The largest absolute Gasteiger partial charge is 0.383 e. The second-order valence-corrected chi connectivity index (χ2v) is 5.72. The zero-order valence-electron chi connectivity index (χ0n) is 10.3. The smallest absolute Gasteiger partial charge is 0.161 e. The molecule has 3 nitrogen and oxygen atoms in total. The van der Waals surface area contributed by atoms with E-state index in [0.717, 1.165) is 23.0 Å². The number of nitrogens with two attached hydrogens (primary N) is 1. The molecule has 2 aromatic rings. The van der Waals surface area contributed by atoms with Crippen molar-refractivity contribution in [3.8, 4) is 11.4 Å². The molecule has 0 fully saturated rings. The molecule has 1 aromatic heterocycles. The van der Waals surface area contributed by atoms with Crippen molar-refractivity contribution in [1.82, 2.24) is 9.97 Å². The molecule has 0 aliphatic carbocycles. The maximum Gasteiger partial charge on any atom is 0.161 e. The van der Waals surface area contributed by atoms with Crippen LogP contribution in [0.4, 0.5) is 10.2 Å². The topological polar surface area (TPSA) is 51.8 Å². The Bertz CT molecular complexity index is 617. The molecule has 0 unspecified atom stereocenters. The van der Waals surface area contributed by atoms with Crippen LogP contribution in [0.2, 0.25) is 0 Å². The van der Waals surface area contributed by atoms with Crippen LogP contribution < -0.4 is 5.73 Å². The summed E-state index contributed by atoms with van der Waals surface area (Å²) in [6.07, 6.45) is 1.74. The molecule has 1 aromatic carbocycles. The van der Waals surface area contributed by atoms with Crippen LogP contribution in [0.1, 0.15) is 19.0 Å². The normalized spacial score (nSPS) is 10.7. The molecule has 0 saturated heterocycles. The van der Waals surface area contributed by atoms with Crippen molar-refractivity contribution in [3.05, 3.63) is 38.7 Å². The molecule has 100 valence electrons. The van der Waals surface area contributed by atoms with Crippen molar-refractivity contribution in [2.75, 3.05) is 5.73 Å². The Morgan fingerprint density at radius 3 is 2.63 bits per heavy atom. The summed E-state index contributed by atoms with van der Waals surface area (Å²) in [7, 11) is 0. The van der Waals surface area contributed by atoms with E-state index in [4.69, 9.17) is 5.73 Å². The fraction of sp³-hybridized carbons (Fsp3) is 0.231. The number of halogens is 3. The Hall–Kier alpha value is -1.01. The van der Waals surface area contributed by atoms with Gasteiger partial charge in [0.2, 0.25) is 0 Å². The monoisotopic (exact) mass is 387 g/mol. The lowest BCUT2D eigenvalue weighted by atomic mass is 10.2. The summed E-state index contributed by atoms with van der Waals surface area (Å²) in [5, 5.41) is 0. The van der Waals surface area contributed by atoms with Crippen LogP contribution in [-0.2, 0) is 6.42 Å². The summed E-state index contributed by atoms with van der Waals surface area (Å²) in [5.41, 5.74) is 7.31. The number of rotatable bonds is 3. The minimum atomic E-state index is -0.348. The number of aromatic nitrogens is 2. The van der Waals surface area contributed by atoms with Gasteiger partial charge in [-0.3, -0.25) is 0 Å². The Morgan fingerprint density at radius 2 is 2.00 bits per heavy atom. The maximum atomic E-state index is 13.6. The molecule has 0 aliphatic rings. The highest BCUT2D eigenvalue weighted by molar-refractivity contribution is 9.11. The van der Waals surface area contributed by atoms with Crippen LogP contribution in [0.15, 0.2) is 27.1 Å². The zero-order valence-corrected chi connectivity index (χ0v) is 13.4. The average molecular weight is 389 g/mol. The molecule has 19 heavy (non-hydrogen) atoms. The third kappa shape index (κ3) is 3.12. The number of aryl methyl sites for hydroxylation is 1. The summed E-state index contributed by atoms with van der Waals surface area (Å²) >= 11 is 6.50. The Morgan fingerprint density at radius 1 is 1.26 bits per heavy atom. The van der Waals surface area contributed by atoms with Gasteiger partial charge in [0.25, 0.3) is 0 Å². The summed E-state index contributed by atoms with van der Waals surface area (Å²) in [5.74, 6) is 0.465. The molecule has 0 radical (unpaired) electrons. The van der Waals surface area contributed by atoms with Gasteiger partial charge in [0, 0.05) is 5.56 Å². The minimum absolute atomic E-state index is 0.348. The highest BCUT2D eigenvalue weighted by atomic mass is 79.9. The fourth-order valence-electron chi connectivity index (χ4n) is 1.68. The molecule has 2 N–H and O–H groups in total. The summed E-state index contributed by atoms with van der Waals surface area (Å²) < 4.78 is 14.7. The van der Waals surface area contributed by atoms with Gasteiger partial charge in [-0.25, -0.2) is 14.4 Å². The number of hydrogen-bond donors (Lipinski definition) is 1. The number of nitrogens with zero attached hydrogens (tertiary/aromatic N) is 2. The number of anilines is 1. The van der Waals surface area contributed by atoms with E-state index >= 15 is 0 Å². The lowest BCUT2D eigenvalue weighted by Gasteiger charge is -2.08. The van der Waals surface area contributed by atoms with E-state index in [2.05, 4.69) is 48.8 Å². The van der Waals surface area contributed by atoms with Crippen molar-refractivity contribution < 1.29 is 4.39 Å². The van der Waals surface area contributed by atoms with Crippen LogP contribution in [-0.4, -0.2) is 9.97 Å². The van der Waals surface area contributed by atoms with E-state index in [0.29, 0.717) is 21.7 Å². The summed E-state index contributed by atoms with van der Waals surface area (Å²) in [6.45, 7) is 2.06. The highest BCUT2D eigenvalue weighted by Gasteiger charge is 2.12. The number of hydrogen-bond acceptors (Lipinski definition) is 3.